The second-order valence-corrected chi connectivity index (χ2v) is 11.9. The van der Waals surface area contributed by atoms with Gasteiger partial charge in [-0.15, -0.1) is 0 Å². The van der Waals surface area contributed by atoms with Crippen LogP contribution in [0.15, 0.2) is 121 Å². The van der Waals surface area contributed by atoms with Gasteiger partial charge in [0.05, 0.1) is 22.4 Å². The molecule has 0 saturated heterocycles. The third-order valence-corrected chi connectivity index (χ3v) is 9.12. The normalized spacial score (nSPS) is 15.0. The molecule has 2 aromatic heterocycles. The van der Waals surface area contributed by atoms with E-state index in [2.05, 4.69) is 142 Å². The molecule has 2 heterocycles. The number of rotatable bonds is 3. The predicted molar refractivity (Wildman–Crippen MR) is 183 cm³/mol. The first-order valence-corrected chi connectivity index (χ1v) is 15.2. The van der Waals surface area contributed by atoms with Gasteiger partial charge in [-0.2, -0.15) is 0 Å². The van der Waals surface area contributed by atoms with E-state index in [9.17, 15) is 0 Å². The van der Waals surface area contributed by atoms with E-state index in [1.54, 1.807) is 0 Å². The molecule has 1 unspecified atom stereocenters. The van der Waals surface area contributed by atoms with Gasteiger partial charge in [0.2, 0.25) is 0 Å². The Morgan fingerprint density at radius 2 is 1.16 bits per heavy atom. The number of benzene rings is 5. The molecule has 8 rings (SSSR count). The Morgan fingerprint density at radius 1 is 0.558 bits per heavy atom. The minimum atomic E-state index is 0.483. The maximum Gasteiger partial charge on any atom is 0.0791 e. The van der Waals surface area contributed by atoms with E-state index in [0.29, 0.717) is 5.92 Å². The van der Waals surface area contributed by atoms with Gasteiger partial charge >= 0.3 is 0 Å². The van der Waals surface area contributed by atoms with Crippen LogP contribution in [0.3, 0.4) is 0 Å². The number of aromatic nitrogens is 2. The van der Waals surface area contributed by atoms with Gasteiger partial charge in [0.15, 0.2) is 0 Å². The fourth-order valence-corrected chi connectivity index (χ4v) is 7.10. The number of fused-ring (bicyclic) bond motifs is 6. The number of nitrogens with zero attached hydrogens (tertiary/aromatic N) is 2. The highest BCUT2D eigenvalue weighted by Crippen LogP contribution is 2.45. The average molecular weight is 553 g/mol. The number of hydrogen-bond acceptors (Lipinski definition) is 2. The van der Waals surface area contributed by atoms with E-state index < -0.39 is 0 Å². The van der Waals surface area contributed by atoms with Gasteiger partial charge in [-0.25, -0.2) is 9.97 Å². The first-order chi connectivity index (χ1) is 21.1. The molecule has 43 heavy (non-hydrogen) atoms. The average Bonchev–Trinajstić information content (AvgIpc) is 3.06. The van der Waals surface area contributed by atoms with Crippen LogP contribution >= 0.6 is 0 Å². The minimum Gasteiger partial charge on any atom is -0.247 e. The van der Waals surface area contributed by atoms with Gasteiger partial charge in [0.1, 0.15) is 0 Å². The third-order valence-electron chi connectivity index (χ3n) is 9.12. The number of allylic oxidation sites excluding steroid dienone is 4. The Kier molecular flexibility index (Phi) is 5.97. The summed E-state index contributed by atoms with van der Waals surface area (Å²) in [6, 6.07) is 36.6. The number of para-hydroxylation sites is 1. The lowest BCUT2D eigenvalue weighted by atomic mass is 9.84. The van der Waals surface area contributed by atoms with Crippen LogP contribution in [0, 0.1) is 19.8 Å². The summed E-state index contributed by atoms with van der Waals surface area (Å²) in [6.45, 7) is 6.87. The van der Waals surface area contributed by atoms with Crippen molar-refractivity contribution in [2.45, 2.75) is 27.2 Å². The van der Waals surface area contributed by atoms with Gasteiger partial charge in [-0.1, -0.05) is 116 Å². The van der Waals surface area contributed by atoms with Crippen molar-refractivity contribution < 1.29 is 0 Å². The van der Waals surface area contributed by atoms with Crippen LogP contribution in [0.2, 0.25) is 0 Å². The van der Waals surface area contributed by atoms with Crippen LogP contribution in [0.5, 0.6) is 0 Å². The van der Waals surface area contributed by atoms with Crippen molar-refractivity contribution in [3.05, 3.63) is 138 Å². The second kappa shape index (κ2) is 10.0. The summed E-state index contributed by atoms with van der Waals surface area (Å²) in [7, 11) is 0. The number of aryl methyl sites for hydroxylation is 2. The van der Waals surface area contributed by atoms with E-state index >= 15 is 0 Å². The van der Waals surface area contributed by atoms with Gasteiger partial charge in [-0.05, 0) is 76.9 Å². The first kappa shape index (κ1) is 25.6. The molecule has 2 nitrogen and oxygen atoms in total. The summed E-state index contributed by atoms with van der Waals surface area (Å²) >= 11 is 0. The molecule has 0 spiro atoms. The van der Waals surface area contributed by atoms with Crippen molar-refractivity contribution in [3.8, 4) is 22.4 Å². The minimum absolute atomic E-state index is 0.483. The standard InChI is InChI=1S/C41H32N2/c1-25-13-12-18-31(23-25)41-39-27(3)37-33-22-21-30(28-14-6-4-7-15-28)24-35(33)43-40(29-16-8-5-9-17-29)38(37)26(2)36(39)32-19-10-11-20-34(32)42-41/h4-22,24-25H,23H2,1-3H3. The fraction of sp³-hybridized carbons (Fsp3) is 0.122. The van der Waals surface area contributed by atoms with Crippen LogP contribution in [0.25, 0.3) is 71.3 Å². The topological polar surface area (TPSA) is 25.8 Å². The van der Waals surface area contributed by atoms with Gasteiger partial charge in [-0.3, -0.25) is 0 Å². The van der Waals surface area contributed by atoms with Gasteiger partial charge in [0, 0.05) is 27.1 Å². The highest BCUT2D eigenvalue weighted by Gasteiger charge is 2.23. The Balaban J connectivity index is 1.58. The lowest BCUT2D eigenvalue weighted by molar-refractivity contribution is 0.747. The molecule has 206 valence electrons. The summed E-state index contributed by atoms with van der Waals surface area (Å²) in [5.74, 6) is 0.483. The van der Waals surface area contributed by atoms with Crippen LogP contribution in [-0.2, 0) is 0 Å². The Morgan fingerprint density at radius 3 is 1.88 bits per heavy atom. The third kappa shape index (κ3) is 4.09. The van der Waals surface area contributed by atoms with Gasteiger partial charge in [0.25, 0.3) is 0 Å². The zero-order valence-corrected chi connectivity index (χ0v) is 24.7. The van der Waals surface area contributed by atoms with E-state index in [1.807, 2.05) is 0 Å². The van der Waals surface area contributed by atoms with Crippen molar-refractivity contribution in [3.63, 3.8) is 0 Å². The number of pyridine rings is 2. The molecule has 0 aliphatic heterocycles. The summed E-state index contributed by atoms with van der Waals surface area (Å²) < 4.78 is 0. The summed E-state index contributed by atoms with van der Waals surface area (Å²) in [5, 5.41) is 7.42. The summed E-state index contributed by atoms with van der Waals surface area (Å²) in [5.41, 5.74) is 11.5. The first-order valence-electron chi connectivity index (χ1n) is 15.2. The van der Waals surface area contributed by atoms with Crippen molar-refractivity contribution in [1.29, 1.82) is 0 Å². The van der Waals surface area contributed by atoms with E-state index in [0.717, 1.165) is 34.4 Å². The molecule has 2 heteroatoms. The van der Waals surface area contributed by atoms with Crippen LogP contribution < -0.4 is 0 Å². The quantitative estimate of drug-likeness (QED) is 0.161. The van der Waals surface area contributed by atoms with Crippen molar-refractivity contribution >= 4 is 48.9 Å². The van der Waals surface area contributed by atoms with Crippen LogP contribution in [-0.4, -0.2) is 9.97 Å². The molecule has 0 fully saturated rings. The molecular weight excluding hydrogens is 520 g/mol. The molecule has 1 atom stereocenters. The molecule has 0 amide bonds. The molecule has 0 saturated carbocycles. The largest absolute Gasteiger partial charge is 0.247 e. The summed E-state index contributed by atoms with van der Waals surface area (Å²) in [6.07, 6.45) is 7.74. The maximum atomic E-state index is 5.43. The molecule has 1 aliphatic carbocycles. The zero-order chi connectivity index (χ0) is 29.1. The molecule has 7 aromatic rings. The van der Waals surface area contributed by atoms with Crippen molar-refractivity contribution in [2.75, 3.05) is 0 Å². The van der Waals surface area contributed by atoms with Crippen LogP contribution in [0.1, 0.15) is 30.2 Å². The smallest absolute Gasteiger partial charge is 0.0791 e. The zero-order valence-electron chi connectivity index (χ0n) is 24.7. The van der Waals surface area contributed by atoms with Crippen LogP contribution in [0.4, 0.5) is 0 Å². The highest BCUT2D eigenvalue weighted by atomic mass is 14.7. The molecule has 1 aliphatic rings. The highest BCUT2D eigenvalue weighted by molar-refractivity contribution is 6.24. The fourth-order valence-electron chi connectivity index (χ4n) is 7.10. The maximum absolute atomic E-state index is 5.43. The van der Waals surface area contributed by atoms with E-state index in [1.165, 1.54) is 60.1 Å². The van der Waals surface area contributed by atoms with Crippen molar-refractivity contribution in [1.82, 2.24) is 9.97 Å². The molecule has 5 aromatic carbocycles. The molecule has 0 N–H and O–H groups in total. The summed E-state index contributed by atoms with van der Waals surface area (Å²) in [4.78, 5) is 10.8. The lowest BCUT2D eigenvalue weighted by Crippen LogP contribution is -2.04. The lowest BCUT2D eigenvalue weighted by Gasteiger charge is -2.23. The second-order valence-electron chi connectivity index (χ2n) is 11.9. The Bertz CT molecular complexity index is 2280. The monoisotopic (exact) mass is 552 g/mol. The van der Waals surface area contributed by atoms with E-state index in [4.69, 9.17) is 9.97 Å². The number of hydrogen-bond donors (Lipinski definition) is 0. The Hall–Kier alpha value is -5.08. The SMILES string of the molecule is Cc1c2c(-c3ccccc3)nc3cc(-c4ccccc4)ccc3c2c(C)c2c(C3=CC=CC(C)C3)nc3ccccc3c12. The molecule has 0 radical (unpaired) electrons. The molecular formula is C41H32N2. The Labute approximate surface area is 252 Å². The molecule has 0 bridgehead atoms. The van der Waals surface area contributed by atoms with E-state index in [-0.39, 0.29) is 0 Å². The predicted octanol–water partition coefficient (Wildman–Crippen LogP) is 11.0. The van der Waals surface area contributed by atoms with Crippen molar-refractivity contribution in [2.24, 2.45) is 5.92 Å². The van der Waals surface area contributed by atoms with Gasteiger partial charge < -0.3 is 0 Å².